The molecule has 0 aliphatic carbocycles. The van der Waals surface area contributed by atoms with Gasteiger partial charge in [0.15, 0.2) is 0 Å². The molecule has 0 radical (unpaired) electrons. The third kappa shape index (κ3) is 3.03. The second-order valence-electron chi connectivity index (χ2n) is 4.03. The van der Waals surface area contributed by atoms with Crippen molar-refractivity contribution in [2.75, 3.05) is 5.73 Å². The molecule has 2 aromatic rings. The van der Waals surface area contributed by atoms with E-state index in [1.165, 1.54) is 17.8 Å². The van der Waals surface area contributed by atoms with Gasteiger partial charge in [-0.15, -0.1) is 0 Å². The zero-order valence-electron chi connectivity index (χ0n) is 10.00. The molecule has 94 valence electrons. The maximum Gasteiger partial charge on any atom is 0.139 e. The van der Waals surface area contributed by atoms with Crippen LogP contribution < -0.4 is 5.73 Å². The summed E-state index contributed by atoms with van der Waals surface area (Å²) in [7, 11) is 0. The van der Waals surface area contributed by atoms with E-state index in [4.69, 9.17) is 5.73 Å². The molecule has 0 saturated carbocycles. The van der Waals surface area contributed by atoms with Crippen molar-refractivity contribution in [2.24, 2.45) is 0 Å². The average Bonchev–Trinajstić information content (AvgIpc) is 2.24. The van der Waals surface area contributed by atoms with Crippen LogP contribution in [-0.2, 0) is 0 Å². The summed E-state index contributed by atoms with van der Waals surface area (Å²) < 4.78 is 13.7. The third-order valence-electron chi connectivity index (χ3n) is 2.34. The molecule has 1 heterocycles. The van der Waals surface area contributed by atoms with Crippen molar-refractivity contribution in [3.8, 4) is 0 Å². The molecule has 2 rings (SSSR count). The predicted octanol–water partition coefficient (Wildman–Crippen LogP) is 4.33. The quantitative estimate of drug-likeness (QED) is 0.834. The number of halogens is 2. The summed E-state index contributed by atoms with van der Waals surface area (Å²) in [6.45, 7) is 3.96. The molecule has 5 heteroatoms. The highest BCUT2D eigenvalue weighted by molar-refractivity contribution is 9.10. The first-order valence-corrected chi connectivity index (χ1v) is 6.94. The molecule has 0 atom stereocenters. The summed E-state index contributed by atoms with van der Waals surface area (Å²) in [5.74, 6) is -0.356. The number of rotatable bonds is 2. The number of aromatic nitrogens is 1. The average molecular weight is 327 g/mol. The Morgan fingerprint density at radius 3 is 2.61 bits per heavy atom. The molecule has 1 aromatic carbocycles. The molecule has 0 bridgehead atoms. The Labute approximate surface area is 118 Å². The van der Waals surface area contributed by atoms with E-state index in [9.17, 15) is 4.39 Å². The minimum atomic E-state index is -0.356. The predicted molar refractivity (Wildman–Crippen MR) is 76.3 cm³/mol. The van der Waals surface area contributed by atoms with Crippen LogP contribution in [-0.4, -0.2) is 4.98 Å². The van der Waals surface area contributed by atoms with Gasteiger partial charge in [-0.25, -0.2) is 9.37 Å². The lowest BCUT2D eigenvalue weighted by Crippen LogP contribution is -1.93. The first-order valence-electron chi connectivity index (χ1n) is 5.33. The van der Waals surface area contributed by atoms with Crippen LogP contribution in [0.3, 0.4) is 0 Å². The minimum absolute atomic E-state index is 0.356. The van der Waals surface area contributed by atoms with Crippen LogP contribution in [0.1, 0.15) is 11.3 Å². The normalized spacial score (nSPS) is 10.7. The fraction of sp³-hybridized carbons (Fsp3) is 0.154. The number of hydrogen-bond acceptors (Lipinski definition) is 3. The van der Waals surface area contributed by atoms with E-state index in [0.29, 0.717) is 10.2 Å². The SMILES string of the molecule is Cc1cc(C)nc(Sc2cc(Br)c(F)cc2N)c1. The zero-order valence-corrected chi connectivity index (χ0v) is 12.4. The molecule has 2 nitrogen and oxygen atoms in total. The summed E-state index contributed by atoms with van der Waals surface area (Å²) in [4.78, 5) is 5.21. The summed E-state index contributed by atoms with van der Waals surface area (Å²) in [6.07, 6.45) is 0. The van der Waals surface area contributed by atoms with E-state index >= 15 is 0 Å². The Morgan fingerprint density at radius 2 is 1.94 bits per heavy atom. The van der Waals surface area contributed by atoms with Gasteiger partial charge in [0, 0.05) is 16.3 Å². The van der Waals surface area contributed by atoms with Crippen molar-refractivity contribution >= 4 is 33.4 Å². The summed E-state index contributed by atoms with van der Waals surface area (Å²) in [5, 5.41) is 0.859. The number of nitrogen functional groups attached to an aromatic ring is 1. The molecule has 0 spiro atoms. The van der Waals surface area contributed by atoms with E-state index in [0.717, 1.165) is 21.2 Å². The second kappa shape index (κ2) is 5.28. The van der Waals surface area contributed by atoms with Crippen molar-refractivity contribution in [1.82, 2.24) is 4.98 Å². The Bertz CT molecular complexity index is 582. The first kappa shape index (κ1) is 13.4. The van der Waals surface area contributed by atoms with Crippen LogP contribution in [0.25, 0.3) is 0 Å². The van der Waals surface area contributed by atoms with Gasteiger partial charge < -0.3 is 5.73 Å². The first-order chi connectivity index (χ1) is 8.45. The number of nitrogens with two attached hydrogens (primary N) is 1. The zero-order chi connectivity index (χ0) is 13.3. The summed E-state index contributed by atoms with van der Waals surface area (Å²) >= 11 is 4.59. The number of pyridine rings is 1. The van der Waals surface area contributed by atoms with Crippen molar-refractivity contribution in [3.05, 3.63) is 45.8 Å². The molecular formula is C13H12BrFN2S. The highest BCUT2D eigenvalue weighted by Crippen LogP contribution is 2.34. The van der Waals surface area contributed by atoms with Crippen LogP contribution >= 0.6 is 27.7 Å². The number of hydrogen-bond donors (Lipinski definition) is 1. The lowest BCUT2D eigenvalue weighted by molar-refractivity contribution is 0.620. The van der Waals surface area contributed by atoms with E-state index < -0.39 is 0 Å². The van der Waals surface area contributed by atoms with Crippen molar-refractivity contribution in [1.29, 1.82) is 0 Å². The van der Waals surface area contributed by atoms with Gasteiger partial charge in [0.2, 0.25) is 0 Å². The van der Waals surface area contributed by atoms with Crippen molar-refractivity contribution in [2.45, 2.75) is 23.8 Å². The molecule has 0 saturated heterocycles. The number of benzene rings is 1. The lowest BCUT2D eigenvalue weighted by atomic mass is 10.3. The number of anilines is 1. The standard InChI is InChI=1S/C13H12BrFN2S/c1-7-3-8(2)17-13(4-7)18-12-5-9(14)10(15)6-11(12)16/h3-6H,16H2,1-2H3. The molecule has 0 aliphatic rings. The molecule has 18 heavy (non-hydrogen) atoms. The van der Waals surface area contributed by atoms with Crippen LogP contribution in [0.15, 0.2) is 38.7 Å². The minimum Gasteiger partial charge on any atom is -0.398 e. The Morgan fingerprint density at radius 1 is 1.22 bits per heavy atom. The van der Waals surface area contributed by atoms with E-state index in [-0.39, 0.29) is 5.82 Å². The smallest absolute Gasteiger partial charge is 0.139 e. The van der Waals surface area contributed by atoms with Crippen LogP contribution in [0.2, 0.25) is 0 Å². The Balaban J connectivity index is 2.36. The Kier molecular flexibility index (Phi) is 3.92. The highest BCUT2D eigenvalue weighted by Gasteiger charge is 2.08. The van der Waals surface area contributed by atoms with Gasteiger partial charge in [-0.2, -0.15) is 0 Å². The molecule has 1 aromatic heterocycles. The maximum atomic E-state index is 13.3. The second-order valence-corrected chi connectivity index (χ2v) is 5.95. The van der Waals surface area contributed by atoms with Gasteiger partial charge >= 0.3 is 0 Å². The summed E-state index contributed by atoms with van der Waals surface area (Å²) in [6, 6.07) is 6.98. The fourth-order valence-corrected chi connectivity index (χ4v) is 3.11. The van der Waals surface area contributed by atoms with E-state index in [2.05, 4.69) is 20.9 Å². The van der Waals surface area contributed by atoms with Gasteiger partial charge in [0.05, 0.1) is 4.47 Å². The fourth-order valence-electron chi connectivity index (χ4n) is 1.60. The molecule has 0 unspecified atom stereocenters. The summed E-state index contributed by atoms with van der Waals surface area (Å²) in [5.41, 5.74) is 8.32. The monoisotopic (exact) mass is 326 g/mol. The van der Waals surface area contributed by atoms with Gasteiger partial charge in [0.1, 0.15) is 10.8 Å². The van der Waals surface area contributed by atoms with Crippen molar-refractivity contribution < 1.29 is 4.39 Å². The highest BCUT2D eigenvalue weighted by atomic mass is 79.9. The largest absolute Gasteiger partial charge is 0.398 e. The van der Waals surface area contributed by atoms with E-state index in [1.807, 2.05) is 26.0 Å². The number of nitrogens with zero attached hydrogens (tertiary/aromatic N) is 1. The van der Waals surface area contributed by atoms with Gasteiger partial charge in [-0.05, 0) is 59.6 Å². The van der Waals surface area contributed by atoms with Crippen LogP contribution in [0, 0.1) is 19.7 Å². The number of aryl methyl sites for hydroxylation is 2. The maximum absolute atomic E-state index is 13.3. The van der Waals surface area contributed by atoms with Crippen LogP contribution in [0.4, 0.5) is 10.1 Å². The third-order valence-corrected chi connectivity index (χ3v) is 3.94. The molecule has 0 fully saturated rings. The molecule has 0 amide bonds. The van der Waals surface area contributed by atoms with Crippen molar-refractivity contribution in [3.63, 3.8) is 0 Å². The van der Waals surface area contributed by atoms with Crippen LogP contribution in [0.5, 0.6) is 0 Å². The topological polar surface area (TPSA) is 38.9 Å². The molecular weight excluding hydrogens is 315 g/mol. The van der Waals surface area contributed by atoms with Gasteiger partial charge in [-0.3, -0.25) is 0 Å². The van der Waals surface area contributed by atoms with E-state index in [1.54, 1.807) is 6.07 Å². The molecule has 2 N–H and O–H groups in total. The Hall–Kier alpha value is -1.07. The van der Waals surface area contributed by atoms with Gasteiger partial charge in [0.25, 0.3) is 0 Å². The molecule has 0 aliphatic heterocycles. The lowest BCUT2D eigenvalue weighted by Gasteiger charge is -2.07. The van der Waals surface area contributed by atoms with Gasteiger partial charge in [-0.1, -0.05) is 11.8 Å².